The fourth-order valence-corrected chi connectivity index (χ4v) is 2.56. The van der Waals surface area contributed by atoms with E-state index in [0.717, 1.165) is 19.6 Å². The predicted molar refractivity (Wildman–Crippen MR) is 60.2 cm³/mol. The maximum absolute atomic E-state index is 11.7. The molecule has 0 atom stereocenters. The molecule has 2 rings (SSSR count). The molecule has 92 valence electrons. The van der Waals surface area contributed by atoms with E-state index < -0.39 is 0 Å². The molecular formula is C12H21NO3. The summed E-state index contributed by atoms with van der Waals surface area (Å²) >= 11 is 0. The molecular weight excluding hydrogens is 206 g/mol. The lowest BCUT2D eigenvalue weighted by Gasteiger charge is -2.41. The van der Waals surface area contributed by atoms with Gasteiger partial charge in [-0.05, 0) is 25.9 Å². The summed E-state index contributed by atoms with van der Waals surface area (Å²) in [5.41, 5.74) is -0.376. The average Bonchev–Trinajstić information content (AvgIpc) is 2.50. The van der Waals surface area contributed by atoms with Gasteiger partial charge in [0.2, 0.25) is 0 Å². The fraction of sp³-hybridized carbons (Fsp3) is 0.917. The van der Waals surface area contributed by atoms with Crippen LogP contribution >= 0.6 is 0 Å². The highest BCUT2D eigenvalue weighted by Crippen LogP contribution is 2.30. The van der Waals surface area contributed by atoms with Crippen molar-refractivity contribution >= 4 is 5.97 Å². The van der Waals surface area contributed by atoms with Crippen LogP contribution in [0, 0.1) is 5.41 Å². The van der Waals surface area contributed by atoms with E-state index in [1.807, 2.05) is 0 Å². The molecule has 2 heterocycles. The van der Waals surface area contributed by atoms with Gasteiger partial charge >= 0.3 is 5.97 Å². The first-order valence-corrected chi connectivity index (χ1v) is 6.15. The van der Waals surface area contributed by atoms with E-state index in [0.29, 0.717) is 13.2 Å². The first-order valence-electron chi connectivity index (χ1n) is 6.15. The Kier molecular flexibility index (Phi) is 3.82. The molecule has 0 bridgehead atoms. The molecule has 4 heteroatoms. The molecule has 16 heavy (non-hydrogen) atoms. The number of carbonyl (C=O) groups excluding carboxylic acids is 1. The van der Waals surface area contributed by atoms with Gasteiger partial charge in [0.1, 0.15) is 5.41 Å². The number of hydrogen-bond acceptors (Lipinski definition) is 4. The Labute approximate surface area is 96.9 Å². The minimum absolute atomic E-state index is 0.108. The van der Waals surface area contributed by atoms with Gasteiger partial charge in [-0.3, -0.25) is 4.79 Å². The van der Waals surface area contributed by atoms with Crippen molar-refractivity contribution in [2.45, 2.75) is 25.7 Å². The molecule has 2 aliphatic rings. The number of hydrogen-bond donors (Lipinski definition) is 0. The van der Waals surface area contributed by atoms with Gasteiger partial charge in [-0.15, -0.1) is 0 Å². The van der Waals surface area contributed by atoms with E-state index in [-0.39, 0.29) is 11.4 Å². The Morgan fingerprint density at radius 2 is 1.88 bits per heavy atom. The van der Waals surface area contributed by atoms with Gasteiger partial charge in [-0.2, -0.15) is 0 Å². The maximum Gasteiger partial charge on any atom is 0.317 e. The molecule has 0 saturated carbocycles. The number of likely N-dealkylation sites (tertiary alicyclic amines) is 1. The largest absolute Gasteiger partial charge is 0.468 e. The van der Waals surface area contributed by atoms with Gasteiger partial charge in [-0.25, -0.2) is 0 Å². The van der Waals surface area contributed by atoms with Crippen LogP contribution in [-0.2, 0) is 14.3 Å². The standard InChI is InChI=1S/C12H21NO3/c1-15-11(14)12(9-16-10-12)8-13-6-4-2-3-5-7-13/h2-10H2,1H3. The SMILES string of the molecule is COC(=O)C1(CN2CCCCCC2)COC1. The van der Waals surface area contributed by atoms with Crippen molar-refractivity contribution < 1.29 is 14.3 Å². The lowest BCUT2D eigenvalue weighted by molar-refractivity contribution is -0.186. The first kappa shape index (κ1) is 11.9. The minimum atomic E-state index is -0.376. The molecule has 0 aromatic carbocycles. The Morgan fingerprint density at radius 3 is 2.31 bits per heavy atom. The fourth-order valence-electron chi connectivity index (χ4n) is 2.56. The van der Waals surface area contributed by atoms with Crippen molar-refractivity contribution in [3.05, 3.63) is 0 Å². The molecule has 0 aromatic heterocycles. The summed E-state index contributed by atoms with van der Waals surface area (Å²) in [6, 6.07) is 0. The minimum Gasteiger partial charge on any atom is -0.468 e. The third-order valence-electron chi connectivity index (χ3n) is 3.60. The second-order valence-corrected chi connectivity index (χ2v) is 4.96. The van der Waals surface area contributed by atoms with Crippen molar-refractivity contribution in [3.63, 3.8) is 0 Å². The molecule has 2 saturated heterocycles. The number of nitrogens with zero attached hydrogens (tertiary/aromatic N) is 1. The van der Waals surface area contributed by atoms with Crippen LogP contribution in [0.1, 0.15) is 25.7 Å². The molecule has 0 amide bonds. The highest BCUT2D eigenvalue weighted by Gasteiger charge is 2.48. The average molecular weight is 227 g/mol. The van der Waals surface area contributed by atoms with E-state index in [4.69, 9.17) is 9.47 Å². The Hall–Kier alpha value is -0.610. The van der Waals surface area contributed by atoms with Gasteiger partial charge in [-0.1, -0.05) is 12.8 Å². The molecule has 2 aliphatic heterocycles. The van der Waals surface area contributed by atoms with Gasteiger partial charge in [0, 0.05) is 6.54 Å². The van der Waals surface area contributed by atoms with E-state index >= 15 is 0 Å². The Bertz CT molecular complexity index is 243. The summed E-state index contributed by atoms with van der Waals surface area (Å²) < 4.78 is 10.1. The molecule has 0 aliphatic carbocycles. The maximum atomic E-state index is 11.7. The van der Waals surface area contributed by atoms with Crippen molar-refractivity contribution in [3.8, 4) is 0 Å². The summed E-state index contributed by atoms with van der Waals surface area (Å²) in [7, 11) is 1.46. The molecule has 0 spiro atoms. The summed E-state index contributed by atoms with van der Waals surface area (Å²) in [5.74, 6) is -0.108. The lowest BCUT2D eigenvalue weighted by atomic mass is 9.85. The third kappa shape index (κ3) is 2.38. The third-order valence-corrected chi connectivity index (χ3v) is 3.60. The lowest BCUT2D eigenvalue weighted by Crippen LogP contribution is -2.56. The predicted octanol–water partition coefficient (Wildman–Crippen LogP) is 1.05. The Balaban J connectivity index is 1.92. The number of carbonyl (C=O) groups is 1. The summed E-state index contributed by atoms with van der Waals surface area (Å²) in [5, 5.41) is 0. The highest BCUT2D eigenvalue weighted by molar-refractivity contribution is 5.78. The highest BCUT2D eigenvalue weighted by atomic mass is 16.5. The van der Waals surface area contributed by atoms with Gasteiger partial charge < -0.3 is 14.4 Å². The van der Waals surface area contributed by atoms with Gasteiger partial charge in [0.15, 0.2) is 0 Å². The number of rotatable bonds is 3. The number of ether oxygens (including phenoxy) is 2. The van der Waals surface area contributed by atoms with E-state index in [2.05, 4.69) is 4.90 Å². The van der Waals surface area contributed by atoms with Gasteiger partial charge in [0.05, 0.1) is 20.3 Å². The molecule has 0 radical (unpaired) electrons. The van der Waals surface area contributed by atoms with Crippen LogP contribution in [-0.4, -0.2) is 50.8 Å². The van der Waals surface area contributed by atoms with Crippen LogP contribution in [0.15, 0.2) is 0 Å². The Morgan fingerprint density at radius 1 is 1.25 bits per heavy atom. The van der Waals surface area contributed by atoms with Crippen LogP contribution < -0.4 is 0 Å². The molecule has 4 nitrogen and oxygen atoms in total. The van der Waals surface area contributed by atoms with Crippen molar-refractivity contribution in [1.82, 2.24) is 4.90 Å². The summed E-state index contributed by atoms with van der Waals surface area (Å²) in [6.45, 7) is 4.07. The van der Waals surface area contributed by atoms with E-state index in [9.17, 15) is 4.79 Å². The van der Waals surface area contributed by atoms with Crippen LogP contribution in [0.4, 0.5) is 0 Å². The number of esters is 1. The monoisotopic (exact) mass is 227 g/mol. The van der Waals surface area contributed by atoms with Crippen LogP contribution in [0.2, 0.25) is 0 Å². The zero-order chi connectivity index (χ0) is 11.4. The van der Waals surface area contributed by atoms with Gasteiger partial charge in [0.25, 0.3) is 0 Å². The van der Waals surface area contributed by atoms with E-state index in [1.165, 1.54) is 32.8 Å². The molecule has 0 aromatic rings. The molecule has 0 unspecified atom stereocenters. The van der Waals surface area contributed by atoms with Crippen molar-refractivity contribution in [2.75, 3.05) is 40.0 Å². The summed E-state index contributed by atoms with van der Waals surface area (Å²) in [4.78, 5) is 14.1. The summed E-state index contributed by atoms with van der Waals surface area (Å²) in [6.07, 6.45) is 5.13. The quantitative estimate of drug-likeness (QED) is 0.676. The van der Waals surface area contributed by atoms with Crippen LogP contribution in [0.25, 0.3) is 0 Å². The normalized spacial score (nSPS) is 25.6. The van der Waals surface area contributed by atoms with Crippen molar-refractivity contribution in [2.24, 2.45) is 5.41 Å². The molecule has 2 fully saturated rings. The molecule has 0 N–H and O–H groups in total. The van der Waals surface area contributed by atoms with Crippen LogP contribution in [0.3, 0.4) is 0 Å². The van der Waals surface area contributed by atoms with E-state index in [1.54, 1.807) is 0 Å². The van der Waals surface area contributed by atoms with Crippen molar-refractivity contribution in [1.29, 1.82) is 0 Å². The van der Waals surface area contributed by atoms with Crippen LogP contribution in [0.5, 0.6) is 0 Å². The number of methoxy groups -OCH3 is 1. The second kappa shape index (κ2) is 5.15. The second-order valence-electron chi connectivity index (χ2n) is 4.96. The zero-order valence-corrected chi connectivity index (χ0v) is 10.0. The topological polar surface area (TPSA) is 38.8 Å². The smallest absolute Gasteiger partial charge is 0.317 e. The first-order chi connectivity index (χ1) is 7.77. The zero-order valence-electron chi connectivity index (χ0n) is 10.0.